The van der Waals surface area contributed by atoms with Gasteiger partial charge in [-0.25, -0.2) is 0 Å². The second-order valence-corrected chi connectivity index (χ2v) is 3.99. The number of likely N-dealkylation sites (N-methyl/N-ethyl adjacent to an activating group) is 1. The summed E-state index contributed by atoms with van der Waals surface area (Å²) in [4.78, 5) is 12.9. The normalized spacial score (nSPS) is 12.9. The molecular formula is C12H19NO3. The van der Waals surface area contributed by atoms with E-state index in [-0.39, 0.29) is 0 Å². The first-order valence-electron chi connectivity index (χ1n) is 5.60. The Hall–Kier alpha value is -1.29. The summed E-state index contributed by atoms with van der Waals surface area (Å²) in [7, 11) is 1.82. The second-order valence-electron chi connectivity index (χ2n) is 3.99. The largest absolute Gasteiger partial charge is 0.480 e. The van der Waals surface area contributed by atoms with E-state index in [2.05, 4.69) is 6.92 Å². The van der Waals surface area contributed by atoms with Crippen molar-refractivity contribution in [3.63, 3.8) is 0 Å². The third kappa shape index (κ3) is 3.70. The minimum absolute atomic E-state index is 0.426. The van der Waals surface area contributed by atoms with E-state index in [0.717, 1.165) is 18.6 Å². The molecule has 0 spiro atoms. The summed E-state index contributed by atoms with van der Waals surface area (Å²) in [6.45, 7) is 2.60. The smallest absolute Gasteiger partial charge is 0.320 e. The fourth-order valence-electron chi connectivity index (χ4n) is 1.69. The molecule has 16 heavy (non-hydrogen) atoms. The highest BCUT2D eigenvalue weighted by atomic mass is 16.4. The molecule has 1 heterocycles. The molecule has 0 aliphatic carbocycles. The minimum Gasteiger partial charge on any atom is -0.480 e. The molecule has 90 valence electrons. The molecule has 4 heteroatoms. The van der Waals surface area contributed by atoms with Gasteiger partial charge in [-0.2, -0.15) is 0 Å². The van der Waals surface area contributed by atoms with Crippen molar-refractivity contribution >= 4 is 5.97 Å². The predicted molar refractivity (Wildman–Crippen MR) is 61.1 cm³/mol. The molecule has 0 radical (unpaired) electrons. The summed E-state index contributed by atoms with van der Waals surface area (Å²) in [6.07, 6.45) is 4.23. The van der Waals surface area contributed by atoms with Crippen molar-refractivity contribution in [3.05, 3.63) is 24.2 Å². The number of furan rings is 1. The zero-order valence-electron chi connectivity index (χ0n) is 9.85. The zero-order chi connectivity index (χ0) is 12.0. The van der Waals surface area contributed by atoms with Gasteiger partial charge in [-0.3, -0.25) is 9.69 Å². The fourth-order valence-corrected chi connectivity index (χ4v) is 1.69. The number of hydrogen-bond donors (Lipinski definition) is 1. The Labute approximate surface area is 95.9 Å². The van der Waals surface area contributed by atoms with Crippen LogP contribution in [0.25, 0.3) is 0 Å². The highest BCUT2D eigenvalue weighted by Gasteiger charge is 2.22. The Morgan fingerprint density at radius 3 is 2.88 bits per heavy atom. The number of aliphatic carboxylic acids is 1. The van der Waals surface area contributed by atoms with Crippen LogP contribution in [0.15, 0.2) is 22.8 Å². The third-order valence-electron chi connectivity index (χ3n) is 2.63. The summed E-state index contributed by atoms with van der Waals surface area (Å²) in [6, 6.07) is 3.24. The van der Waals surface area contributed by atoms with Crippen molar-refractivity contribution in [1.29, 1.82) is 0 Å². The van der Waals surface area contributed by atoms with Gasteiger partial charge in [0, 0.05) is 0 Å². The molecule has 1 aromatic heterocycles. The standard InChI is InChI=1S/C12H19NO3/c1-3-4-7-11(12(14)15)13(2)9-10-6-5-8-16-10/h5-6,8,11H,3-4,7,9H2,1-2H3,(H,14,15). The molecular weight excluding hydrogens is 206 g/mol. The van der Waals surface area contributed by atoms with Gasteiger partial charge in [0.05, 0.1) is 12.8 Å². The first kappa shape index (κ1) is 12.8. The molecule has 0 amide bonds. The lowest BCUT2D eigenvalue weighted by Gasteiger charge is -2.23. The van der Waals surface area contributed by atoms with E-state index in [1.165, 1.54) is 0 Å². The van der Waals surface area contributed by atoms with Crippen molar-refractivity contribution in [2.45, 2.75) is 38.8 Å². The number of carboxylic acid groups (broad SMARTS) is 1. The highest BCUT2D eigenvalue weighted by Crippen LogP contribution is 2.12. The van der Waals surface area contributed by atoms with Crippen molar-refractivity contribution < 1.29 is 14.3 Å². The molecule has 1 rings (SSSR count). The van der Waals surface area contributed by atoms with E-state index < -0.39 is 12.0 Å². The van der Waals surface area contributed by atoms with Crippen LogP contribution >= 0.6 is 0 Å². The van der Waals surface area contributed by atoms with Crippen molar-refractivity contribution in [2.24, 2.45) is 0 Å². The molecule has 0 saturated carbocycles. The molecule has 1 N–H and O–H groups in total. The number of carbonyl (C=O) groups is 1. The van der Waals surface area contributed by atoms with Crippen LogP contribution < -0.4 is 0 Å². The maximum absolute atomic E-state index is 11.1. The van der Waals surface area contributed by atoms with E-state index in [1.54, 1.807) is 6.26 Å². The minimum atomic E-state index is -0.762. The van der Waals surface area contributed by atoms with Gasteiger partial charge in [-0.05, 0) is 25.6 Å². The summed E-state index contributed by atoms with van der Waals surface area (Å²) in [5.74, 6) is 0.0350. The van der Waals surface area contributed by atoms with Gasteiger partial charge in [0.1, 0.15) is 11.8 Å². The lowest BCUT2D eigenvalue weighted by atomic mass is 10.1. The molecule has 4 nitrogen and oxygen atoms in total. The van der Waals surface area contributed by atoms with Crippen molar-refractivity contribution in [2.75, 3.05) is 7.05 Å². The monoisotopic (exact) mass is 225 g/mol. The number of rotatable bonds is 7. The van der Waals surface area contributed by atoms with E-state index in [1.807, 2.05) is 24.1 Å². The van der Waals surface area contributed by atoms with Crippen LogP contribution in [0, 0.1) is 0 Å². The zero-order valence-corrected chi connectivity index (χ0v) is 9.85. The molecule has 0 aliphatic heterocycles. The first-order valence-corrected chi connectivity index (χ1v) is 5.60. The number of hydrogen-bond acceptors (Lipinski definition) is 3. The average Bonchev–Trinajstić information content (AvgIpc) is 2.70. The van der Waals surface area contributed by atoms with Gasteiger partial charge < -0.3 is 9.52 Å². The number of nitrogens with zero attached hydrogens (tertiary/aromatic N) is 1. The van der Waals surface area contributed by atoms with Gasteiger partial charge in [0.25, 0.3) is 0 Å². The highest BCUT2D eigenvalue weighted by molar-refractivity contribution is 5.73. The van der Waals surface area contributed by atoms with Crippen LogP contribution in [0.4, 0.5) is 0 Å². The first-order chi connectivity index (χ1) is 7.65. The van der Waals surface area contributed by atoms with Gasteiger partial charge >= 0.3 is 5.97 Å². The molecule has 0 aromatic carbocycles. The Morgan fingerprint density at radius 1 is 1.62 bits per heavy atom. The lowest BCUT2D eigenvalue weighted by Crippen LogP contribution is -2.37. The average molecular weight is 225 g/mol. The SMILES string of the molecule is CCCCC(C(=O)O)N(C)Cc1ccco1. The summed E-state index contributed by atoms with van der Waals surface area (Å²) in [5.41, 5.74) is 0. The van der Waals surface area contributed by atoms with Gasteiger partial charge in [-0.1, -0.05) is 19.8 Å². The van der Waals surface area contributed by atoms with Crippen LogP contribution in [-0.4, -0.2) is 29.1 Å². The van der Waals surface area contributed by atoms with E-state index in [0.29, 0.717) is 13.0 Å². The van der Waals surface area contributed by atoms with Crippen LogP contribution in [0.3, 0.4) is 0 Å². The van der Waals surface area contributed by atoms with Crippen LogP contribution in [-0.2, 0) is 11.3 Å². The molecule has 0 fully saturated rings. The predicted octanol–water partition coefficient (Wildman–Crippen LogP) is 2.35. The van der Waals surface area contributed by atoms with Gasteiger partial charge in [0.2, 0.25) is 0 Å². The third-order valence-corrected chi connectivity index (χ3v) is 2.63. The molecule has 1 aromatic rings. The molecule has 0 bridgehead atoms. The Morgan fingerprint density at radius 2 is 2.38 bits per heavy atom. The summed E-state index contributed by atoms with van der Waals surface area (Å²) in [5, 5.41) is 9.13. The quantitative estimate of drug-likeness (QED) is 0.774. The fraction of sp³-hybridized carbons (Fsp3) is 0.583. The molecule has 0 aliphatic rings. The Bertz CT molecular complexity index is 308. The molecule has 1 atom stereocenters. The van der Waals surface area contributed by atoms with E-state index in [4.69, 9.17) is 9.52 Å². The van der Waals surface area contributed by atoms with Crippen molar-refractivity contribution in [3.8, 4) is 0 Å². The Kier molecular flexibility index (Phi) is 5.05. The maximum atomic E-state index is 11.1. The number of unbranched alkanes of at least 4 members (excludes halogenated alkanes) is 1. The summed E-state index contributed by atoms with van der Waals surface area (Å²) >= 11 is 0. The van der Waals surface area contributed by atoms with Crippen LogP contribution in [0.5, 0.6) is 0 Å². The van der Waals surface area contributed by atoms with Gasteiger partial charge in [-0.15, -0.1) is 0 Å². The summed E-state index contributed by atoms with van der Waals surface area (Å²) < 4.78 is 5.20. The van der Waals surface area contributed by atoms with Crippen LogP contribution in [0.2, 0.25) is 0 Å². The van der Waals surface area contributed by atoms with E-state index in [9.17, 15) is 4.79 Å². The second kappa shape index (κ2) is 6.33. The number of carboxylic acids is 1. The van der Waals surface area contributed by atoms with E-state index >= 15 is 0 Å². The van der Waals surface area contributed by atoms with Crippen molar-refractivity contribution in [1.82, 2.24) is 4.90 Å². The maximum Gasteiger partial charge on any atom is 0.320 e. The lowest BCUT2D eigenvalue weighted by molar-refractivity contribution is -0.143. The topological polar surface area (TPSA) is 53.7 Å². The molecule has 1 unspecified atom stereocenters. The van der Waals surface area contributed by atoms with Gasteiger partial charge in [0.15, 0.2) is 0 Å². The van der Waals surface area contributed by atoms with Crippen LogP contribution in [0.1, 0.15) is 31.9 Å². The molecule has 0 saturated heterocycles. The Balaban J connectivity index is 2.53.